The van der Waals surface area contributed by atoms with Gasteiger partial charge in [0.15, 0.2) is 0 Å². The maximum Gasteiger partial charge on any atom is 0.264 e. The molecule has 17 nitrogen and oxygen atoms in total. The number of anilines is 4. The number of halogens is 1. The third-order valence-electron chi connectivity index (χ3n) is 13.5. The molecule has 18 heteroatoms. The summed E-state index contributed by atoms with van der Waals surface area (Å²) >= 11 is 0. The molecule has 8 heterocycles. The van der Waals surface area contributed by atoms with Crippen LogP contribution in [0.5, 0.6) is 0 Å². The van der Waals surface area contributed by atoms with E-state index in [0.717, 1.165) is 68.8 Å². The number of likely N-dealkylation sites (tertiary alicyclic amines) is 1. The van der Waals surface area contributed by atoms with Crippen molar-refractivity contribution in [2.45, 2.75) is 89.2 Å². The molecule has 3 unspecified atom stereocenters. The lowest BCUT2D eigenvalue weighted by Crippen LogP contribution is -2.54. The van der Waals surface area contributed by atoms with E-state index in [4.69, 9.17) is 20.4 Å². The van der Waals surface area contributed by atoms with E-state index in [1.54, 1.807) is 30.7 Å². The Bertz CT molecular complexity index is 2450. The van der Waals surface area contributed by atoms with Gasteiger partial charge in [-0.3, -0.25) is 34.2 Å². The molecule has 3 N–H and O–H groups in total. The predicted octanol–water partition coefficient (Wildman–Crippen LogP) is 3.99. The zero-order valence-electron chi connectivity index (χ0n) is 35.9. The van der Waals surface area contributed by atoms with Crippen LogP contribution in [-0.4, -0.2) is 136 Å². The Morgan fingerprint density at radius 3 is 2.49 bits per heavy atom. The number of nitrogens with two attached hydrogens (primary N) is 1. The summed E-state index contributed by atoms with van der Waals surface area (Å²) in [6.45, 7) is 9.04. The second kappa shape index (κ2) is 17.3. The van der Waals surface area contributed by atoms with E-state index in [1.807, 2.05) is 27.7 Å². The van der Waals surface area contributed by atoms with Gasteiger partial charge in [-0.05, 0) is 83.0 Å². The number of nitrogens with zero attached hydrogens (tertiary/aromatic N) is 9. The largest absolute Gasteiger partial charge is 0.378 e. The minimum Gasteiger partial charge on any atom is -0.378 e. The van der Waals surface area contributed by atoms with E-state index in [9.17, 15) is 24.0 Å². The van der Waals surface area contributed by atoms with Gasteiger partial charge in [0, 0.05) is 88.4 Å². The molecule has 4 aromatic rings. The van der Waals surface area contributed by atoms with Crippen LogP contribution in [0, 0.1) is 5.92 Å². The van der Waals surface area contributed by atoms with Gasteiger partial charge in [-0.25, -0.2) is 14.4 Å². The van der Waals surface area contributed by atoms with Crippen LogP contribution < -0.4 is 25.8 Å². The second-order valence-electron chi connectivity index (χ2n) is 17.7. The van der Waals surface area contributed by atoms with Gasteiger partial charge in [-0.1, -0.05) is 6.07 Å². The SMILES string of the molecule is COC1CCN(c2nccc(N(c3cc4c(cn3)c(C(N)=O)cn4C(C)C)C3CCN(CCCC4CN(c5cccc6c5C(=O)N(C5CCC(=O)NC5=O)C6=O)C4)CC3)n2)CC1F. The zero-order chi connectivity index (χ0) is 44.1. The van der Waals surface area contributed by atoms with Crippen molar-refractivity contribution in [2.24, 2.45) is 11.7 Å². The fraction of sp³-hybridized carbons (Fsp3) is 0.511. The van der Waals surface area contributed by atoms with Crippen LogP contribution in [0.3, 0.4) is 0 Å². The number of methoxy groups -OCH3 is 1. The number of pyridine rings is 1. The van der Waals surface area contributed by atoms with Gasteiger partial charge in [-0.2, -0.15) is 4.98 Å². The Morgan fingerprint density at radius 1 is 0.984 bits per heavy atom. The van der Waals surface area contributed by atoms with Crippen molar-refractivity contribution in [1.29, 1.82) is 0 Å². The number of carbonyl (C=O) groups is 5. The highest BCUT2D eigenvalue weighted by Crippen LogP contribution is 2.39. The quantitative estimate of drug-likeness (QED) is 0.184. The number of hydrogen-bond donors (Lipinski definition) is 2. The summed E-state index contributed by atoms with van der Waals surface area (Å²) in [7, 11) is 1.54. The van der Waals surface area contributed by atoms with Gasteiger partial charge in [-0.15, -0.1) is 0 Å². The maximum absolute atomic E-state index is 15.0. The summed E-state index contributed by atoms with van der Waals surface area (Å²) in [5.41, 5.74) is 8.39. The highest BCUT2D eigenvalue weighted by atomic mass is 19.1. The molecule has 5 amide bonds. The van der Waals surface area contributed by atoms with Crippen molar-refractivity contribution < 1.29 is 33.1 Å². The molecule has 0 aliphatic carbocycles. The number of piperidine rings is 3. The first-order valence-corrected chi connectivity index (χ1v) is 22.1. The van der Waals surface area contributed by atoms with Gasteiger partial charge in [0.25, 0.3) is 17.7 Å². The molecule has 332 valence electrons. The number of nitrogens with one attached hydrogen (secondary N) is 1. The molecule has 5 aliphatic heterocycles. The highest BCUT2D eigenvalue weighted by Gasteiger charge is 2.47. The standard InChI is InChI=1S/C45H54FN11O6/c1-26(2)55-24-31(41(47)59)30-21-49-38(20-35(30)55)56(37-11-15-48-45(50-37)53-19-14-36(63-3)32(46)25-53)28-12-17-52(18-13-28)16-5-6-27-22-54(23-27)33-8-4-7-29-40(33)44(62)57(43(29)61)34-9-10-39(58)51-42(34)60/h4,7-8,11,15,20-21,24,26-28,32,34,36H,5-6,9-10,12-14,16-19,22-23,25H2,1-3H3,(H2,47,59)(H,51,58,60). The molecule has 3 atom stereocenters. The summed E-state index contributed by atoms with van der Waals surface area (Å²) in [4.78, 5) is 87.9. The number of ether oxygens (including phenoxy) is 1. The third kappa shape index (κ3) is 7.98. The Balaban J connectivity index is 0.851. The van der Waals surface area contributed by atoms with Crippen molar-refractivity contribution in [3.05, 3.63) is 65.6 Å². The highest BCUT2D eigenvalue weighted by molar-refractivity contribution is 6.25. The molecule has 63 heavy (non-hydrogen) atoms. The van der Waals surface area contributed by atoms with Crippen LogP contribution in [0.1, 0.15) is 95.9 Å². The Hall–Kier alpha value is -6.01. The minimum absolute atomic E-state index is 0.0495. The minimum atomic E-state index is -1.16. The Kier molecular flexibility index (Phi) is 11.6. The lowest BCUT2D eigenvalue weighted by atomic mass is 9.92. The van der Waals surface area contributed by atoms with E-state index in [0.29, 0.717) is 64.2 Å². The van der Waals surface area contributed by atoms with Gasteiger partial charge in [0.2, 0.25) is 17.8 Å². The van der Waals surface area contributed by atoms with Crippen molar-refractivity contribution in [1.82, 2.24) is 34.6 Å². The third-order valence-corrected chi connectivity index (χ3v) is 13.5. The number of carbonyl (C=O) groups excluding carboxylic acids is 5. The lowest BCUT2D eigenvalue weighted by molar-refractivity contribution is -0.136. The molecule has 5 aliphatic rings. The van der Waals surface area contributed by atoms with Crippen molar-refractivity contribution in [2.75, 3.05) is 67.6 Å². The van der Waals surface area contributed by atoms with Crippen LogP contribution >= 0.6 is 0 Å². The van der Waals surface area contributed by atoms with Crippen LogP contribution in [0.15, 0.2) is 48.9 Å². The van der Waals surface area contributed by atoms with Crippen LogP contribution in [-0.2, 0) is 14.3 Å². The first-order chi connectivity index (χ1) is 30.4. The Morgan fingerprint density at radius 2 is 1.78 bits per heavy atom. The van der Waals surface area contributed by atoms with E-state index < -0.39 is 47.9 Å². The van der Waals surface area contributed by atoms with Crippen molar-refractivity contribution in [3.8, 4) is 0 Å². The average molecular weight is 864 g/mol. The van der Waals surface area contributed by atoms with Crippen LogP contribution in [0.2, 0.25) is 0 Å². The second-order valence-corrected chi connectivity index (χ2v) is 17.7. The van der Waals surface area contributed by atoms with Crippen LogP contribution in [0.4, 0.5) is 27.7 Å². The number of rotatable bonds is 13. The molecule has 4 fully saturated rings. The molecule has 0 spiro atoms. The molecular weight excluding hydrogens is 810 g/mol. The molecule has 9 rings (SSSR count). The number of primary amides is 1. The first kappa shape index (κ1) is 42.3. The predicted molar refractivity (Wildman–Crippen MR) is 233 cm³/mol. The molecular formula is C45H54FN11O6. The fourth-order valence-corrected chi connectivity index (χ4v) is 10.1. The number of amides is 5. The van der Waals surface area contributed by atoms with Crippen molar-refractivity contribution >= 4 is 63.7 Å². The van der Waals surface area contributed by atoms with Gasteiger partial charge in [0.05, 0.1) is 40.5 Å². The molecule has 0 bridgehead atoms. The van der Waals surface area contributed by atoms with E-state index >= 15 is 4.39 Å². The summed E-state index contributed by atoms with van der Waals surface area (Å²) in [5, 5.41) is 2.95. The van der Waals surface area contributed by atoms with Gasteiger partial charge >= 0.3 is 0 Å². The number of aromatic nitrogens is 4. The number of alkyl halides is 1. The maximum atomic E-state index is 15.0. The topological polar surface area (TPSA) is 192 Å². The smallest absolute Gasteiger partial charge is 0.264 e. The lowest BCUT2D eigenvalue weighted by Gasteiger charge is -2.42. The molecule has 1 aromatic carbocycles. The number of hydrogen-bond acceptors (Lipinski definition) is 13. The summed E-state index contributed by atoms with van der Waals surface area (Å²) in [6.07, 6.45) is 8.08. The monoisotopic (exact) mass is 863 g/mol. The van der Waals surface area contributed by atoms with Crippen molar-refractivity contribution in [3.63, 3.8) is 0 Å². The molecule has 4 saturated heterocycles. The van der Waals surface area contributed by atoms with E-state index in [-0.39, 0.29) is 31.5 Å². The number of imide groups is 2. The van der Waals surface area contributed by atoms with E-state index in [2.05, 4.69) is 38.8 Å². The van der Waals surface area contributed by atoms with Gasteiger partial charge < -0.3 is 34.6 Å². The van der Waals surface area contributed by atoms with Gasteiger partial charge in [0.1, 0.15) is 23.8 Å². The number of benzene rings is 1. The fourth-order valence-electron chi connectivity index (χ4n) is 10.1. The summed E-state index contributed by atoms with van der Waals surface area (Å²) in [6, 6.07) is 8.27. The Labute approximate surface area is 364 Å². The average Bonchev–Trinajstić information content (AvgIpc) is 3.77. The molecule has 0 radical (unpaired) electrons. The molecule has 3 aromatic heterocycles. The first-order valence-electron chi connectivity index (χ1n) is 22.1. The van der Waals surface area contributed by atoms with Crippen LogP contribution in [0.25, 0.3) is 10.9 Å². The molecule has 0 saturated carbocycles. The summed E-state index contributed by atoms with van der Waals surface area (Å²) in [5.74, 6) is -0.257. The zero-order valence-corrected chi connectivity index (χ0v) is 35.9. The number of fused-ring (bicyclic) bond motifs is 2. The summed E-state index contributed by atoms with van der Waals surface area (Å²) < 4.78 is 22.4. The van der Waals surface area contributed by atoms with E-state index in [1.165, 1.54) is 7.11 Å². The normalized spacial score (nSPS) is 22.6.